The van der Waals surface area contributed by atoms with Gasteiger partial charge >= 0.3 is 5.97 Å². The number of aromatic nitrogens is 2. The second-order valence-corrected chi connectivity index (χ2v) is 5.47. The molecule has 1 N–H and O–H groups in total. The molecule has 3 rings (SSSR count). The van der Waals surface area contributed by atoms with Gasteiger partial charge in [0.25, 0.3) is 5.91 Å². The zero-order valence-electron chi connectivity index (χ0n) is 12.8. The molecule has 0 aliphatic carbocycles. The number of aliphatic carboxylic acids is 1. The molecular formula is C16H16FN3O4. The third-order valence-electron chi connectivity index (χ3n) is 3.71. The maximum absolute atomic E-state index is 13.3. The van der Waals surface area contributed by atoms with Crippen LogP contribution in [-0.4, -0.2) is 57.5 Å². The van der Waals surface area contributed by atoms with E-state index >= 15 is 0 Å². The number of carbonyl (C=O) groups excluding carboxylic acids is 1. The highest BCUT2D eigenvalue weighted by Gasteiger charge is 2.27. The van der Waals surface area contributed by atoms with E-state index in [1.807, 2.05) is 0 Å². The molecule has 8 heteroatoms. The molecule has 0 radical (unpaired) electrons. The number of carboxylic acid groups (broad SMARTS) is 1. The Bertz CT molecular complexity index is 761. The molecule has 0 saturated carbocycles. The monoisotopic (exact) mass is 333 g/mol. The van der Waals surface area contributed by atoms with Crippen LogP contribution in [0, 0.1) is 5.82 Å². The quantitative estimate of drug-likeness (QED) is 0.912. The van der Waals surface area contributed by atoms with Crippen LogP contribution >= 0.6 is 0 Å². The number of hydrogen-bond acceptors (Lipinski definition) is 4. The summed E-state index contributed by atoms with van der Waals surface area (Å²) in [6.07, 6.45) is 0.907. The van der Waals surface area contributed by atoms with Gasteiger partial charge in [-0.3, -0.25) is 9.59 Å². The van der Waals surface area contributed by atoms with Crippen molar-refractivity contribution in [2.75, 3.05) is 19.7 Å². The molecule has 2 heterocycles. The van der Waals surface area contributed by atoms with Gasteiger partial charge in [-0.15, -0.1) is 0 Å². The number of carboxylic acids is 1. The Labute approximate surface area is 137 Å². The molecule has 1 aromatic heterocycles. The van der Waals surface area contributed by atoms with Gasteiger partial charge < -0.3 is 14.7 Å². The molecule has 1 saturated heterocycles. The van der Waals surface area contributed by atoms with Gasteiger partial charge in [-0.05, 0) is 24.3 Å². The Hall–Kier alpha value is -2.74. The molecular weight excluding hydrogens is 317 g/mol. The largest absolute Gasteiger partial charge is 0.481 e. The number of halogens is 1. The summed E-state index contributed by atoms with van der Waals surface area (Å²) in [4.78, 5) is 24.8. The fourth-order valence-corrected chi connectivity index (χ4v) is 2.58. The van der Waals surface area contributed by atoms with Gasteiger partial charge in [-0.1, -0.05) is 6.07 Å². The average molecular weight is 333 g/mol. The molecule has 1 fully saturated rings. The first kappa shape index (κ1) is 16.1. The summed E-state index contributed by atoms with van der Waals surface area (Å²) in [7, 11) is 0. The molecule has 7 nitrogen and oxygen atoms in total. The lowest BCUT2D eigenvalue weighted by atomic mass is 10.2. The molecule has 0 bridgehead atoms. The van der Waals surface area contributed by atoms with Crippen LogP contribution in [0.25, 0.3) is 5.69 Å². The lowest BCUT2D eigenvalue weighted by Gasteiger charge is -2.31. The van der Waals surface area contributed by atoms with Crippen molar-refractivity contribution in [2.24, 2.45) is 0 Å². The highest BCUT2D eigenvalue weighted by Crippen LogP contribution is 2.14. The second-order valence-electron chi connectivity index (χ2n) is 5.47. The van der Waals surface area contributed by atoms with Gasteiger partial charge in [-0.25, -0.2) is 9.07 Å². The minimum atomic E-state index is -0.968. The smallest absolute Gasteiger partial charge is 0.306 e. The Morgan fingerprint density at radius 1 is 1.38 bits per heavy atom. The summed E-state index contributed by atoms with van der Waals surface area (Å²) in [5.74, 6) is -1.66. The molecule has 1 aliphatic rings. The van der Waals surface area contributed by atoms with Crippen LogP contribution in [0.1, 0.15) is 16.9 Å². The van der Waals surface area contributed by atoms with Crippen LogP contribution in [0.15, 0.2) is 36.5 Å². The van der Waals surface area contributed by atoms with E-state index in [0.29, 0.717) is 12.2 Å². The number of rotatable bonds is 4. The molecule has 1 atom stereocenters. The first-order valence-corrected chi connectivity index (χ1v) is 7.47. The summed E-state index contributed by atoms with van der Waals surface area (Å²) < 4.78 is 20.1. The first-order valence-electron chi connectivity index (χ1n) is 7.47. The third-order valence-corrected chi connectivity index (χ3v) is 3.71. The Morgan fingerprint density at radius 3 is 2.96 bits per heavy atom. The van der Waals surface area contributed by atoms with Gasteiger partial charge in [0.15, 0.2) is 5.69 Å². The van der Waals surface area contributed by atoms with Crippen molar-refractivity contribution in [2.45, 2.75) is 12.5 Å². The Morgan fingerprint density at radius 2 is 2.21 bits per heavy atom. The maximum atomic E-state index is 13.3. The van der Waals surface area contributed by atoms with Crippen LogP contribution in [-0.2, 0) is 9.53 Å². The zero-order chi connectivity index (χ0) is 17.1. The van der Waals surface area contributed by atoms with Crippen molar-refractivity contribution in [3.8, 4) is 5.69 Å². The van der Waals surface area contributed by atoms with E-state index in [1.165, 1.54) is 21.7 Å². The predicted octanol–water partition coefficient (Wildman–Crippen LogP) is 1.33. The second kappa shape index (κ2) is 6.79. The predicted molar refractivity (Wildman–Crippen MR) is 81.4 cm³/mol. The molecule has 0 unspecified atom stereocenters. The normalized spacial score (nSPS) is 17.7. The third kappa shape index (κ3) is 3.60. The lowest BCUT2D eigenvalue weighted by Crippen LogP contribution is -2.46. The van der Waals surface area contributed by atoms with E-state index < -0.39 is 12.1 Å². The van der Waals surface area contributed by atoms with Gasteiger partial charge in [0.05, 0.1) is 24.8 Å². The molecule has 24 heavy (non-hydrogen) atoms. The summed E-state index contributed by atoms with van der Waals surface area (Å²) in [5.41, 5.74) is 0.731. The molecule has 126 valence electrons. The van der Waals surface area contributed by atoms with Crippen molar-refractivity contribution in [1.29, 1.82) is 0 Å². The van der Waals surface area contributed by atoms with Gasteiger partial charge in [0, 0.05) is 19.3 Å². The topological polar surface area (TPSA) is 84.7 Å². The van der Waals surface area contributed by atoms with Crippen LogP contribution in [0.4, 0.5) is 4.39 Å². The molecule has 1 amide bonds. The number of carbonyl (C=O) groups is 2. The number of morpholine rings is 1. The molecule has 2 aromatic rings. The average Bonchev–Trinajstić information content (AvgIpc) is 3.04. The summed E-state index contributed by atoms with van der Waals surface area (Å²) in [6.45, 7) is 0.869. The van der Waals surface area contributed by atoms with Crippen LogP contribution < -0.4 is 0 Å². The number of amides is 1. The van der Waals surface area contributed by atoms with Crippen LogP contribution in [0.2, 0.25) is 0 Å². The van der Waals surface area contributed by atoms with Crippen LogP contribution in [0.3, 0.4) is 0 Å². The number of benzene rings is 1. The Kier molecular flexibility index (Phi) is 4.57. The van der Waals surface area contributed by atoms with E-state index in [-0.39, 0.29) is 37.0 Å². The van der Waals surface area contributed by atoms with Crippen molar-refractivity contribution < 1.29 is 23.8 Å². The molecule has 1 aliphatic heterocycles. The number of ether oxygens (including phenoxy) is 1. The highest BCUT2D eigenvalue weighted by atomic mass is 19.1. The number of nitrogens with zero attached hydrogens (tertiary/aromatic N) is 3. The summed E-state index contributed by atoms with van der Waals surface area (Å²) in [6, 6.07) is 7.44. The minimum Gasteiger partial charge on any atom is -0.481 e. The highest BCUT2D eigenvalue weighted by molar-refractivity contribution is 5.92. The van der Waals surface area contributed by atoms with E-state index in [0.717, 1.165) is 0 Å². The van der Waals surface area contributed by atoms with Gasteiger partial charge in [0.1, 0.15) is 5.82 Å². The molecule has 0 spiro atoms. The van der Waals surface area contributed by atoms with Crippen molar-refractivity contribution in [3.63, 3.8) is 0 Å². The number of hydrogen-bond donors (Lipinski definition) is 1. The van der Waals surface area contributed by atoms with Gasteiger partial charge in [0.2, 0.25) is 0 Å². The minimum absolute atomic E-state index is 0.151. The fourth-order valence-electron chi connectivity index (χ4n) is 2.58. The zero-order valence-corrected chi connectivity index (χ0v) is 12.8. The standard InChI is InChI=1S/C16H16FN3O4/c17-11-2-1-3-12(8-11)20-5-4-14(18-20)16(23)19-6-7-24-13(10-19)9-15(21)22/h1-5,8,13H,6-7,9-10H2,(H,21,22)/t13-/m1/s1. The summed E-state index contributed by atoms with van der Waals surface area (Å²) >= 11 is 0. The van der Waals surface area contributed by atoms with E-state index in [2.05, 4.69) is 5.10 Å². The van der Waals surface area contributed by atoms with E-state index in [9.17, 15) is 14.0 Å². The first-order chi connectivity index (χ1) is 11.5. The lowest BCUT2D eigenvalue weighted by molar-refractivity contribution is -0.141. The maximum Gasteiger partial charge on any atom is 0.306 e. The SMILES string of the molecule is O=C(O)C[C@@H]1CN(C(=O)c2ccn(-c3cccc(F)c3)n2)CCO1. The fraction of sp³-hybridized carbons (Fsp3) is 0.312. The van der Waals surface area contributed by atoms with Crippen molar-refractivity contribution in [1.82, 2.24) is 14.7 Å². The Balaban J connectivity index is 1.72. The van der Waals surface area contributed by atoms with E-state index in [4.69, 9.17) is 9.84 Å². The summed E-state index contributed by atoms with van der Waals surface area (Å²) in [5, 5.41) is 13.0. The van der Waals surface area contributed by atoms with Crippen molar-refractivity contribution >= 4 is 11.9 Å². The molecule has 1 aromatic carbocycles. The van der Waals surface area contributed by atoms with E-state index in [1.54, 1.807) is 24.4 Å². The van der Waals surface area contributed by atoms with Gasteiger partial charge in [-0.2, -0.15) is 5.10 Å². The van der Waals surface area contributed by atoms with Crippen LogP contribution in [0.5, 0.6) is 0 Å². The van der Waals surface area contributed by atoms with Crippen molar-refractivity contribution in [3.05, 3.63) is 48.0 Å².